The largest absolute Gasteiger partial charge is 0.493 e. The Kier molecular flexibility index (Phi) is 4.71. The summed E-state index contributed by atoms with van der Waals surface area (Å²) in [5.41, 5.74) is 3.36. The highest BCUT2D eigenvalue weighted by Crippen LogP contribution is 2.24. The Morgan fingerprint density at radius 1 is 1.29 bits per heavy atom. The molecule has 0 heterocycles. The van der Waals surface area contributed by atoms with Crippen molar-refractivity contribution >= 4 is 5.78 Å². The van der Waals surface area contributed by atoms with Crippen LogP contribution in [0.3, 0.4) is 0 Å². The van der Waals surface area contributed by atoms with Crippen molar-refractivity contribution in [1.82, 2.24) is 0 Å². The monoisotopic (exact) mass is 231 g/mol. The van der Waals surface area contributed by atoms with Crippen molar-refractivity contribution in [2.24, 2.45) is 0 Å². The Morgan fingerprint density at radius 3 is 2.41 bits per heavy atom. The topological polar surface area (TPSA) is 50.1 Å². The molecule has 0 unspecified atom stereocenters. The van der Waals surface area contributed by atoms with Crippen LogP contribution in [0.1, 0.15) is 29.5 Å². The van der Waals surface area contributed by atoms with Crippen LogP contribution in [0.15, 0.2) is 12.1 Å². The molecule has 0 saturated carbocycles. The number of hydrogen-bond donors (Lipinski definition) is 0. The summed E-state index contributed by atoms with van der Waals surface area (Å²) in [6.07, 6.45) is 0.259. The number of Topliss-reactive ketones (excluding diaryl/α,β-unsaturated/α-hetero) is 1. The first-order valence-corrected chi connectivity index (χ1v) is 5.64. The molecule has 3 heteroatoms. The van der Waals surface area contributed by atoms with Crippen LogP contribution in [0.2, 0.25) is 0 Å². The van der Waals surface area contributed by atoms with Crippen LogP contribution in [-0.2, 0) is 4.79 Å². The SMILES string of the molecule is Cc1cc(C)c(OCCC(=O)CC#N)c(C)c1. The van der Waals surface area contributed by atoms with E-state index in [-0.39, 0.29) is 12.2 Å². The third-order valence-corrected chi connectivity index (χ3v) is 2.51. The fourth-order valence-corrected chi connectivity index (χ4v) is 1.84. The Morgan fingerprint density at radius 2 is 1.88 bits per heavy atom. The molecule has 0 radical (unpaired) electrons. The first kappa shape index (κ1) is 13.2. The summed E-state index contributed by atoms with van der Waals surface area (Å²) in [4.78, 5) is 11.2. The molecule has 0 aliphatic rings. The van der Waals surface area contributed by atoms with Crippen LogP contribution in [0.5, 0.6) is 5.75 Å². The number of nitriles is 1. The maximum Gasteiger partial charge on any atom is 0.150 e. The van der Waals surface area contributed by atoms with Gasteiger partial charge in [0.05, 0.1) is 19.1 Å². The molecule has 0 N–H and O–H groups in total. The van der Waals surface area contributed by atoms with Crippen molar-refractivity contribution < 1.29 is 9.53 Å². The lowest BCUT2D eigenvalue weighted by Gasteiger charge is -2.12. The highest BCUT2D eigenvalue weighted by molar-refractivity contribution is 5.80. The summed E-state index contributed by atoms with van der Waals surface area (Å²) in [5, 5.41) is 8.36. The van der Waals surface area contributed by atoms with E-state index in [1.54, 1.807) is 0 Å². The van der Waals surface area contributed by atoms with Crippen molar-refractivity contribution in [2.75, 3.05) is 6.61 Å². The summed E-state index contributed by atoms with van der Waals surface area (Å²) >= 11 is 0. The first-order chi connectivity index (χ1) is 8.04. The molecule has 17 heavy (non-hydrogen) atoms. The zero-order valence-corrected chi connectivity index (χ0v) is 10.5. The molecule has 1 aromatic carbocycles. The standard InChI is InChI=1S/C14H17NO2/c1-10-8-11(2)14(12(3)9-10)17-7-5-13(16)4-6-15/h8-9H,4-5,7H2,1-3H3. The van der Waals surface area contributed by atoms with Gasteiger partial charge in [-0.25, -0.2) is 0 Å². The lowest BCUT2D eigenvalue weighted by atomic mass is 10.1. The highest BCUT2D eigenvalue weighted by Gasteiger charge is 2.06. The average Bonchev–Trinajstić information content (AvgIpc) is 2.22. The van der Waals surface area contributed by atoms with Crippen molar-refractivity contribution in [3.05, 3.63) is 28.8 Å². The molecule has 0 atom stereocenters. The molecule has 1 rings (SSSR count). The second-order valence-corrected chi connectivity index (χ2v) is 4.20. The normalized spacial score (nSPS) is 9.76. The lowest BCUT2D eigenvalue weighted by Crippen LogP contribution is -2.07. The number of ether oxygens (including phenoxy) is 1. The molecule has 90 valence electrons. The van der Waals surface area contributed by atoms with E-state index in [4.69, 9.17) is 10.00 Å². The smallest absolute Gasteiger partial charge is 0.150 e. The lowest BCUT2D eigenvalue weighted by molar-refractivity contribution is -0.118. The zero-order valence-electron chi connectivity index (χ0n) is 10.5. The quantitative estimate of drug-likeness (QED) is 0.783. The van der Waals surface area contributed by atoms with Gasteiger partial charge < -0.3 is 4.74 Å². The van der Waals surface area contributed by atoms with Crippen molar-refractivity contribution in [2.45, 2.75) is 33.6 Å². The summed E-state index contributed by atoms with van der Waals surface area (Å²) in [6, 6.07) is 5.95. The minimum atomic E-state index is -0.0742. The van der Waals surface area contributed by atoms with Gasteiger partial charge in [0.15, 0.2) is 0 Å². The van der Waals surface area contributed by atoms with Crippen LogP contribution in [0.25, 0.3) is 0 Å². The summed E-state index contributed by atoms with van der Waals surface area (Å²) in [5.74, 6) is 0.773. The van der Waals surface area contributed by atoms with Crippen molar-refractivity contribution in [3.8, 4) is 11.8 Å². The summed E-state index contributed by atoms with van der Waals surface area (Å²) in [6.45, 7) is 6.37. The second-order valence-electron chi connectivity index (χ2n) is 4.20. The number of benzene rings is 1. The van der Waals surface area contributed by atoms with E-state index in [0.717, 1.165) is 16.9 Å². The molecule has 0 bridgehead atoms. The van der Waals surface area contributed by atoms with E-state index < -0.39 is 0 Å². The number of aryl methyl sites for hydroxylation is 3. The summed E-state index contributed by atoms with van der Waals surface area (Å²) in [7, 11) is 0. The predicted octanol–water partition coefficient (Wildman–Crippen LogP) is 2.86. The van der Waals surface area contributed by atoms with Crippen LogP contribution < -0.4 is 4.74 Å². The van der Waals surface area contributed by atoms with Gasteiger partial charge in [-0.05, 0) is 31.9 Å². The Labute approximate surface area is 102 Å². The Hall–Kier alpha value is -1.82. The maximum absolute atomic E-state index is 11.2. The van der Waals surface area contributed by atoms with E-state index in [9.17, 15) is 4.79 Å². The minimum Gasteiger partial charge on any atom is -0.493 e. The number of carbonyl (C=O) groups excluding carboxylic acids is 1. The van der Waals surface area contributed by atoms with Crippen LogP contribution in [0.4, 0.5) is 0 Å². The molecular formula is C14H17NO2. The molecule has 0 saturated heterocycles. The van der Waals surface area contributed by atoms with E-state index in [1.165, 1.54) is 5.56 Å². The first-order valence-electron chi connectivity index (χ1n) is 5.64. The fraction of sp³-hybridized carbons (Fsp3) is 0.429. The van der Waals surface area contributed by atoms with E-state index in [0.29, 0.717) is 13.0 Å². The van der Waals surface area contributed by atoms with E-state index in [1.807, 2.05) is 26.8 Å². The number of rotatable bonds is 5. The molecule has 0 spiro atoms. The Bertz CT molecular complexity index is 435. The minimum absolute atomic E-state index is 0.0325. The number of hydrogen-bond acceptors (Lipinski definition) is 3. The molecule has 0 aliphatic carbocycles. The van der Waals surface area contributed by atoms with Crippen LogP contribution in [0, 0.1) is 32.1 Å². The fourth-order valence-electron chi connectivity index (χ4n) is 1.84. The summed E-state index contributed by atoms with van der Waals surface area (Å²) < 4.78 is 5.61. The van der Waals surface area contributed by atoms with Crippen LogP contribution >= 0.6 is 0 Å². The molecule has 0 aromatic heterocycles. The average molecular weight is 231 g/mol. The molecule has 3 nitrogen and oxygen atoms in total. The predicted molar refractivity (Wildman–Crippen MR) is 66.0 cm³/mol. The van der Waals surface area contributed by atoms with Gasteiger partial charge >= 0.3 is 0 Å². The third-order valence-electron chi connectivity index (χ3n) is 2.51. The molecule has 1 aromatic rings. The van der Waals surface area contributed by atoms with Crippen molar-refractivity contribution in [1.29, 1.82) is 5.26 Å². The number of ketones is 1. The van der Waals surface area contributed by atoms with Gasteiger partial charge in [-0.3, -0.25) is 4.79 Å². The Balaban J connectivity index is 2.59. The number of nitrogens with zero attached hydrogens (tertiary/aromatic N) is 1. The maximum atomic E-state index is 11.2. The van der Waals surface area contributed by atoms with Gasteiger partial charge in [-0.2, -0.15) is 5.26 Å². The van der Waals surface area contributed by atoms with Crippen LogP contribution in [-0.4, -0.2) is 12.4 Å². The third kappa shape index (κ3) is 3.92. The second kappa shape index (κ2) is 6.05. The molecule has 0 amide bonds. The van der Waals surface area contributed by atoms with E-state index >= 15 is 0 Å². The van der Waals surface area contributed by atoms with Gasteiger partial charge in [-0.1, -0.05) is 17.7 Å². The van der Waals surface area contributed by atoms with Gasteiger partial charge in [-0.15, -0.1) is 0 Å². The van der Waals surface area contributed by atoms with Gasteiger partial charge in [0.1, 0.15) is 11.5 Å². The molecular weight excluding hydrogens is 214 g/mol. The van der Waals surface area contributed by atoms with Gasteiger partial charge in [0, 0.05) is 6.42 Å². The van der Waals surface area contributed by atoms with E-state index in [2.05, 4.69) is 12.1 Å². The molecule has 0 aliphatic heterocycles. The highest BCUT2D eigenvalue weighted by atomic mass is 16.5. The molecule has 0 fully saturated rings. The van der Waals surface area contributed by atoms with Gasteiger partial charge in [0.25, 0.3) is 0 Å². The van der Waals surface area contributed by atoms with Gasteiger partial charge in [0.2, 0.25) is 0 Å². The number of carbonyl (C=O) groups is 1. The zero-order chi connectivity index (χ0) is 12.8. The van der Waals surface area contributed by atoms with Crippen molar-refractivity contribution in [3.63, 3.8) is 0 Å².